The molecule has 0 aromatic rings. The van der Waals surface area contributed by atoms with Gasteiger partial charge < -0.3 is 15.2 Å². The molecule has 2 N–H and O–H groups in total. The van der Waals surface area contributed by atoms with Gasteiger partial charge in [0, 0.05) is 6.54 Å². The summed E-state index contributed by atoms with van der Waals surface area (Å²) in [4.78, 5) is 11.3. The van der Waals surface area contributed by atoms with E-state index in [-0.39, 0.29) is 6.61 Å². The molecule has 15 heavy (non-hydrogen) atoms. The van der Waals surface area contributed by atoms with Crippen LogP contribution in [0.5, 0.6) is 0 Å². The van der Waals surface area contributed by atoms with Gasteiger partial charge in [-0.2, -0.15) is 0 Å². The van der Waals surface area contributed by atoms with Gasteiger partial charge in [-0.25, -0.2) is 4.79 Å². The van der Waals surface area contributed by atoms with Gasteiger partial charge in [-0.1, -0.05) is 5.57 Å². The summed E-state index contributed by atoms with van der Waals surface area (Å²) >= 11 is 0. The first kappa shape index (κ1) is 14.0. The number of hydrogen-bond acceptors (Lipinski definition) is 3. The van der Waals surface area contributed by atoms with Crippen molar-refractivity contribution in [1.29, 1.82) is 0 Å². The molecule has 1 amide bonds. The number of rotatable bonds is 3. The number of nitrogens with one attached hydrogen (secondary N) is 1. The molecular formula is C11H21NO3. The molecule has 0 radical (unpaired) electrons. The highest BCUT2D eigenvalue weighted by atomic mass is 16.6. The average molecular weight is 215 g/mol. The maximum absolute atomic E-state index is 11.3. The highest BCUT2D eigenvalue weighted by molar-refractivity contribution is 5.68. The van der Waals surface area contributed by atoms with Gasteiger partial charge >= 0.3 is 6.09 Å². The molecule has 0 bridgehead atoms. The second-order valence-electron chi connectivity index (χ2n) is 4.57. The van der Waals surface area contributed by atoms with E-state index in [0.717, 1.165) is 11.1 Å². The normalized spacial score (nSPS) is 13.2. The minimum absolute atomic E-state index is 0.0157. The molecule has 0 unspecified atom stereocenters. The van der Waals surface area contributed by atoms with Gasteiger partial charge in [0.05, 0.1) is 6.61 Å². The van der Waals surface area contributed by atoms with Gasteiger partial charge in [0.2, 0.25) is 0 Å². The van der Waals surface area contributed by atoms with Gasteiger partial charge in [-0.3, -0.25) is 0 Å². The minimum Gasteiger partial charge on any atom is -0.444 e. The molecule has 0 aliphatic heterocycles. The zero-order chi connectivity index (χ0) is 12.1. The number of ether oxygens (including phenoxy) is 1. The topological polar surface area (TPSA) is 58.6 Å². The third kappa shape index (κ3) is 6.96. The van der Waals surface area contributed by atoms with Gasteiger partial charge in [-0.15, -0.1) is 0 Å². The summed E-state index contributed by atoms with van der Waals surface area (Å²) in [7, 11) is 0. The lowest BCUT2D eigenvalue weighted by Gasteiger charge is -2.20. The van der Waals surface area contributed by atoms with E-state index in [2.05, 4.69) is 5.32 Å². The number of carbonyl (C=O) groups is 1. The third-order valence-corrected chi connectivity index (χ3v) is 1.86. The van der Waals surface area contributed by atoms with Gasteiger partial charge in [0.15, 0.2) is 0 Å². The zero-order valence-electron chi connectivity index (χ0n) is 10.2. The van der Waals surface area contributed by atoms with Crippen molar-refractivity contribution in [3.05, 3.63) is 11.1 Å². The largest absolute Gasteiger partial charge is 0.444 e. The fraction of sp³-hybridized carbons (Fsp3) is 0.727. The van der Waals surface area contributed by atoms with Crippen molar-refractivity contribution < 1.29 is 14.6 Å². The lowest BCUT2D eigenvalue weighted by molar-refractivity contribution is 0.0532. The van der Waals surface area contributed by atoms with Gasteiger partial charge in [0.25, 0.3) is 0 Å². The highest BCUT2D eigenvalue weighted by Crippen LogP contribution is 2.07. The fourth-order valence-corrected chi connectivity index (χ4v) is 0.805. The van der Waals surface area contributed by atoms with Crippen LogP contribution in [0.15, 0.2) is 11.1 Å². The lowest BCUT2D eigenvalue weighted by atomic mass is 10.1. The molecule has 0 fully saturated rings. The van der Waals surface area contributed by atoms with E-state index in [1.807, 2.05) is 34.6 Å². The molecule has 4 nitrogen and oxygen atoms in total. The Morgan fingerprint density at radius 2 is 1.80 bits per heavy atom. The Bertz CT molecular complexity index is 251. The van der Waals surface area contributed by atoms with Crippen LogP contribution in [0.3, 0.4) is 0 Å². The smallest absolute Gasteiger partial charge is 0.407 e. The van der Waals surface area contributed by atoms with Crippen molar-refractivity contribution in [2.75, 3.05) is 13.2 Å². The zero-order valence-corrected chi connectivity index (χ0v) is 10.2. The number of hydrogen-bond donors (Lipinski definition) is 2. The number of alkyl carbamates (subject to hydrolysis) is 1. The summed E-state index contributed by atoms with van der Waals surface area (Å²) in [6, 6.07) is 0. The molecule has 0 aromatic heterocycles. The van der Waals surface area contributed by atoms with Crippen molar-refractivity contribution in [3.8, 4) is 0 Å². The molecule has 0 rings (SSSR count). The highest BCUT2D eigenvalue weighted by Gasteiger charge is 2.15. The van der Waals surface area contributed by atoms with Crippen molar-refractivity contribution >= 4 is 6.09 Å². The number of aliphatic hydroxyl groups excluding tert-OH is 1. The summed E-state index contributed by atoms with van der Waals surface area (Å²) in [6.45, 7) is 9.55. The first-order valence-corrected chi connectivity index (χ1v) is 4.99. The number of aliphatic hydroxyl groups is 1. The number of amides is 1. The first-order valence-electron chi connectivity index (χ1n) is 4.99. The minimum atomic E-state index is -0.478. The van der Waals surface area contributed by atoms with E-state index in [9.17, 15) is 4.79 Å². The fourth-order valence-electron chi connectivity index (χ4n) is 0.805. The van der Waals surface area contributed by atoms with Crippen molar-refractivity contribution in [1.82, 2.24) is 5.32 Å². The molecule has 0 aliphatic carbocycles. The third-order valence-electron chi connectivity index (χ3n) is 1.86. The second-order valence-corrected chi connectivity index (χ2v) is 4.57. The first-order chi connectivity index (χ1) is 6.76. The van der Waals surface area contributed by atoms with Crippen LogP contribution in [0.2, 0.25) is 0 Å². The van der Waals surface area contributed by atoms with E-state index < -0.39 is 11.7 Å². The SMILES string of the molecule is CC(CO)=C(C)CNC(=O)OC(C)(C)C. The summed E-state index contributed by atoms with van der Waals surface area (Å²) in [6.07, 6.45) is -0.437. The Labute approximate surface area is 91.3 Å². The van der Waals surface area contributed by atoms with Gasteiger partial charge in [0.1, 0.15) is 5.60 Å². The van der Waals surface area contributed by atoms with E-state index in [0.29, 0.717) is 6.54 Å². The van der Waals surface area contributed by atoms with Crippen molar-refractivity contribution in [2.45, 2.75) is 40.2 Å². The van der Waals surface area contributed by atoms with Crippen LogP contribution in [0.1, 0.15) is 34.6 Å². The maximum atomic E-state index is 11.3. The van der Waals surface area contributed by atoms with Crippen molar-refractivity contribution in [2.24, 2.45) is 0 Å². The Morgan fingerprint density at radius 1 is 1.27 bits per heavy atom. The quantitative estimate of drug-likeness (QED) is 0.706. The average Bonchev–Trinajstić information content (AvgIpc) is 2.10. The van der Waals surface area contributed by atoms with E-state index >= 15 is 0 Å². The Balaban J connectivity index is 4.03. The Hall–Kier alpha value is -1.03. The summed E-state index contributed by atoms with van der Waals surface area (Å²) in [5.74, 6) is 0. The van der Waals surface area contributed by atoms with Crippen molar-refractivity contribution in [3.63, 3.8) is 0 Å². The Morgan fingerprint density at radius 3 is 2.20 bits per heavy atom. The standard InChI is InChI=1S/C11H21NO3/c1-8(9(2)7-13)6-12-10(14)15-11(3,4)5/h13H,6-7H2,1-5H3,(H,12,14). The molecule has 4 heteroatoms. The van der Waals surface area contributed by atoms with Crippen LogP contribution in [-0.4, -0.2) is 30.0 Å². The van der Waals surface area contributed by atoms with Crippen LogP contribution < -0.4 is 5.32 Å². The number of carbonyl (C=O) groups excluding carboxylic acids is 1. The molecule has 0 aromatic carbocycles. The van der Waals surface area contributed by atoms with Crippen LogP contribution >= 0.6 is 0 Å². The molecule has 0 saturated carbocycles. The lowest BCUT2D eigenvalue weighted by Crippen LogP contribution is -2.33. The maximum Gasteiger partial charge on any atom is 0.407 e. The van der Waals surface area contributed by atoms with Gasteiger partial charge in [-0.05, 0) is 40.2 Å². The summed E-state index contributed by atoms with van der Waals surface area (Å²) in [5.41, 5.74) is 1.34. The van der Waals surface area contributed by atoms with Crippen LogP contribution in [0.4, 0.5) is 4.79 Å². The van der Waals surface area contributed by atoms with Crippen LogP contribution in [0, 0.1) is 0 Å². The molecular weight excluding hydrogens is 194 g/mol. The van der Waals surface area contributed by atoms with Crippen LogP contribution in [-0.2, 0) is 4.74 Å². The molecule has 0 aliphatic rings. The molecule has 88 valence electrons. The monoisotopic (exact) mass is 215 g/mol. The molecule has 0 saturated heterocycles. The predicted octanol–water partition coefficient (Wildman–Crippen LogP) is 1.84. The molecule has 0 spiro atoms. The molecule has 0 atom stereocenters. The predicted molar refractivity (Wildman–Crippen MR) is 59.7 cm³/mol. The van der Waals surface area contributed by atoms with E-state index in [1.165, 1.54) is 0 Å². The van der Waals surface area contributed by atoms with Crippen LogP contribution in [0.25, 0.3) is 0 Å². The Kier molecular flexibility index (Phi) is 5.36. The van der Waals surface area contributed by atoms with E-state index in [1.54, 1.807) is 0 Å². The van der Waals surface area contributed by atoms with E-state index in [4.69, 9.17) is 9.84 Å². The summed E-state index contributed by atoms with van der Waals surface area (Å²) < 4.78 is 5.07. The second kappa shape index (κ2) is 5.75. The molecule has 0 heterocycles. The summed E-state index contributed by atoms with van der Waals surface area (Å²) in [5, 5.41) is 11.5.